The Kier molecular flexibility index (Phi) is 6.80. The molecule has 32 heavy (non-hydrogen) atoms. The van der Waals surface area contributed by atoms with Gasteiger partial charge in [0.1, 0.15) is 5.56 Å². The molecule has 0 saturated carbocycles. The van der Waals surface area contributed by atoms with Crippen molar-refractivity contribution in [1.29, 1.82) is 0 Å². The second kappa shape index (κ2) is 9.37. The van der Waals surface area contributed by atoms with Crippen LogP contribution in [0.3, 0.4) is 0 Å². The Morgan fingerprint density at radius 3 is 2.66 bits per heavy atom. The molecule has 0 saturated heterocycles. The molecule has 0 spiro atoms. The number of rotatable bonds is 8. The van der Waals surface area contributed by atoms with Crippen molar-refractivity contribution < 1.29 is 27.3 Å². The summed E-state index contributed by atoms with van der Waals surface area (Å²) in [4.78, 5) is 28.5. The number of nitrogens with zero attached hydrogens (tertiary/aromatic N) is 4. The lowest BCUT2D eigenvalue weighted by Gasteiger charge is -2.07. The van der Waals surface area contributed by atoms with Crippen LogP contribution in [0.4, 0.5) is 13.2 Å². The molecule has 3 rings (SSSR count). The van der Waals surface area contributed by atoms with E-state index < -0.39 is 24.9 Å². The lowest BCUT2D eigenvalue weighted by Crippen LogP contribution is -2.24. The maximum absolute atomic E-state index is 12.6. The molecular formula is C20H23F3N6O3. The molecule has 3 heterocycles. The zero-order valence-corrected chi connectivity index (χ0v) is 17.8. The third-order valence-electron chi connectivity index (χ3n) is 4.62. The molecule has 172 valence electrons. The fourth-order valence-corrected chi connectivity index (χ4v) is 3.01. The highest BCUT2D eigenvalue weighted by atomic mass is 19.4. The van der Waals surface area contributed by atoms with Crippen molar-refractivity contribution in [1.82, 2.24) is 30.4 Å². The lowest BCUT2D eigenvalue weighted by molar-refractivity contribution is -0.144. The molecule has 3 aromatic rings. The van der Waals surface area contributed by atoms with Crippen LogP contribution in [0.2, 0.25) is 0 Å². The Morgan fingerprint density at radius 2 is 1.97 bits per heavy atom. The minimum absolute atomic E-state index is 0.00344. The number of carbonyl (C=O) groups excluding carboxylic acids is 2. The highest BCUT2D eigenvalue weighted by Crippen LogP contribution is 2.22. The third kappa shape index (κ3) is 5.83. The molecule has 0 aliphatic heterocycles. The van der Waals surface area contributed by atoms with E-state index in [0.717, 1.165) is 0 Å². The van der Waals surface area contributed by atoms with Gasteiger partial charge in [0.05, 0.1) is 36.7 Å². The van der Waals surface area contributed by atoms with E-state index >= 15 is 0 Å². The first kappa shape index (κ1) is 23.2. The van der Waals surface area contributed by atoms with Crippen molar-refractivity contribution in [3.05, 3.63) is 46.7 Å². The van der Waals surface area contributed by atoms with Crippen molar-refractivity contribution in [3.63, 3.8) is 0 Å². The van der Waals surface area contributed by atoms with Crippen LogP contribution in [0.5, 0.6) is 0 Å². The average Bonchev–Trinajstić information content (AvgIpc) is 3.31. The van der Waals surface area contributed by atoms with E-state index in [1.807, 2.05) is 13.8 Å². The van der Waals surface area contributed by atoms with Crippen molar-refractivity contribution in [3.8, 4) is 0 Å². The molecule has 0 unspecified atom stereocenters. The van der Waals surface area contributed by atoms with Crippen molar-refractivity contribution in [2.45, 2.75) is 58.8 Å². The van der Waals surface area contributed by atoms with Gasteiger partial charge in [-0.2, -0.15) is 18.3 Å². The molecule has 0 radical (unpaired) electrons. The van der Waals surface area contributed by atoms with Crippen LogP contribution in [-0.4, -0.2) is 37.7 Å². The SMILES string of the molecule is Cc1noc(C(C)C)c1C(=O)NCc1cn2ncc(CNC(=O)CCC(F)(F)F)cc2n1. The summed E-state index contributed by atoms with van der Waals surface area (Å²) in [5.74, 6) is -0.499. The summed E-state index contributed by atoms with van der Waals surface area (Å²) in [6.07, 6.45) is -3.04. The Labute approximate surface area is 181 Å². The van der Waals surface area contributed by atoms with Crippen LogP contribution in [0, 0.1) is 6.92 Å². The Morgan fingerprint density at radius 1 is 1.22 bits per heavy atom. The minimum atomic E-state index is -4.37. The van der Waals surface area contributed by atoms with E-state index in [0.29, 0.717) is 33.9 Å². The molecule has 0 bridgehead atoms. The Hall–Kier alpha value is -3.44. The summed E-state index contributed by atoms with van der Waals surface area (Å²) in [5, 5.41) is 13.3. The van der Waals surface area contributed by atoms with Gasteiger partial charge in [0, 0.05) is 18.9 Å². The zero-order chi connectivity index (χ0) is 23.5. The number of nitrogens with one attached hydrogen (secondary N) is 2. The number of aromatic nitrogens is 4. The summed E-state index contributed by atoms with van der Waals surface area (Å²) in [6, 6.07) is 1.66. The average molecular weight is 452 g/mol. The zero-order valence-electron chi connectivity index (χ0n) is 17.8. The van der Waals surface area contributed by atoms with Gasteiger partial charge >= 0.3 is 6.18 Å². The van der Waals surface area contributed by atoms with E-state index in [9.17, 15) is 22.8 Å². The van der Waals surface area contributed by atoms with E-state index in [4.69, 9.17) is 4.52 Å². The number of imidazole rings is 1. The van der Waals surface area contributed by atoms with E-state index in [1.165, 1.54) is 10.7 Å². The molecule has 2 amide bonds. The van der Waals surface area contributed by atoms with Gasteiger partial charge in [-0.15, -0.1) is 0 Å². The van der Waals surface area contributed by atoms with Gasteiger partial charge in [-0.1, -0.05) is 19.0 Å². The van der Waals surface area contributed by atoms with Crippen LogP contribution in [0.25, 0.3) is 5.65 Å². The predicted molar refractivity (Wildman–Crippen MR) is 107 cm³/mol. The fourth-order valence-electron chi connectivity index (χ4n) is 3.01. The molecule has 0 atom stereocenters. The van der Waals surface area contributed by atoms with Crippen LogP contribution < -0.4 is 10.6 Å². The molecule has 3 aromatic heterocycles. The lowest BCUT2D eigenvalue weighted by atomic mass is 10.0. The summed E-state index contributed by atoms with van der Waals surface area (Å²) in [7, 11) is 0. The highest BCUT2D eigenvalue weighted by molar-refractivity contribution is 5.96. The topological polar surface area (TPSA) is 114 Å². The smallest absolute Gasteiger partial charge is 0.360 e. The van der Waals surface area contributed by atoms with Crippen molar-refractivity contribution >= 4 is 17.5 Å². The Bertz CT molecular complexity index is 1120. The Balaban J connectivity index is 1.60. The van der Waals surface area contributed by atoms with Crippen LogP contribution in [0.1, 0.15) is 65.7 Å². The first-order valence-electron chi connectivity index (χ1n) is 9.94. The number of alkyl halides is 3. The second-order valence-electron chi connectivity index (χ2n) is 7.64. The standard InChI is InChI=1S/C20H23F3N6O3/c1-11(2)18-17(12(3)28-32-18)19(31)25-9-14-10-29-15(27-14)6-13(8-26-29)7-24-16(30)4-5-20(21,22)23/h6,8,10-11H,4-5,7,9H2,1-3H3,(H,24,30)(H,25,31). The fraction of sp³-hybridized carbons (Fsp3) is 0.450. The molecule has 0 fully saturated rings. The van der Waals surface area contributed by atoms with Gasteiger partial charge in [0.2, 0.25) is 5.91 Å². The maximum Gasteiger partial charge on any atom is 0.389 e. The van der Waals surface area contributed by atoms with Crippen molar-refractivity contribution in [2.75, 3.05) is 0 Å². The van der Waals surface area contributed by atoms with E-state index in [2.05, 4.69) is 25.9 Å². The van der Waals surface area contributed by atoms with Crippen LogP contribution >= 0.6 is 0 Å². The number of carbonyl (C=O) groups is 2. The first-order chi connectivity index (χ1) is 15.0. The number of aryl methyl sites for hydroxylation is 1. The second-order valence-corrected chi connectivity index (χ2v) is 7.64. The number of fused-ring (bicyclic) bond motifs is 1. The molecular weight excluding hydrogens is 429 g/mol. The van der Waals surface area contributed by atoms with Gasteiger partial charge in [0.15, 0.2) is 11.4 Å². The maximum atomic E-state index is 12.6. The van der Waals surface area contributed by atoms with Crippen LogP contribution in [-0.2, 0) is 17.9 Å². The van der Waals surface area contributed by atoms with Gasteiger partial charge in [-0.3, -0.25) is 9.59 Å². The number of hydrogen-bond acceptors (Lipinski definition) is 6. The molecule has 12 heteroatoms. The van der Waals surface area contributed by atoms with Gasteiger partial charge in [-0.25, -0.2) is 9.50 Å². The van der Waals surface area contributed by atoms with Crippen molar-refractivity contribution in [2.24, 2.45) is 0 Å². The minimum Gasteiger partial charge on any atom is -0.360 e. The van der Waals surface area contributed by atoms with Gasteiger partial charge in [0.25, 0.3) is 5.91 Å². The normalized spacial score (nSPS) is 11.8. The molecule has 0 aliphatic rings. The monoisotopic (exact) mass is 452 g/mol. The summed E-state index contributed by atoms with van der Waals surface area (Å²) < 4.78 is 43.3. The molecule has 2 N–H and O–H groups in total. The predicted octanol–water partition coefficient (Wildman–Crippen LogP) is 3.04. The highest BCUT2D eigenvalue weighted by Gasteiger charge is 2.27. The number of hydrogen-bond donors (Lipinski definition) is 2. The number of amides is 2. The summed E-state index contributed by atoms with van der Waals surface area (Å²) in [5.41, 5.74) is 2.52. The quantitative estimate of drug-likeness (QED) is 0.543. The molecule has 9 nitrogen and oxygen atoms in total. The summed E-state index contributed by atoms with van der Waals surface area (Å²) >= 11 is 0. The van der Waals surface area contributed by atoms with Gasteiger partial charge < -0.3 is 15.2 Å². The van der Waals surface area contributed by atoms with E-state index in [1.54, 1.807) is 19.2 Å². The van der Waals surface area contributed by atoms with E-state index in [-0.39, 0.29) is 24.9 Å². The van der Waals surface area contributed by atoms with Crippen LogP contribution in [0.15, 0.2) is 23.0 Å². The largest absolute Gasteiger partial charge is 0.389 e. The first-order valence-corrected chi connectivity index (χ1v) is 9.94. The molecule has 0 aliphatic carbocycles. The summed E-state index contributed by atoms with van der Waals surface area (Å²) in [6.45, 7) is 5.68. The third-order valence-corrected chi connectivity index (χ3v) is 4.62. The molecule has 0 aromatic carbocycles. The number of halogens is 3. The van der Waals surface area contributed by atoms with Gasteiger partial charge in [-0.05, 0) is 18.6 Å².